The maximum atomic E-state index is 13.3. The number of thiocarbonyl (C=S) groups is 1. The molecule has 6 nitrogen and oxygen atoms in total. The summed E-state index contributed by atoms with van der Waals surface area (Å²) in [6, 6.07) is 7.62. The first kappa shape index (κ1) is 23.5. The summed E-state index contributed by atoms with van der Waals surface area (Å²) in [7, 11) is 1.34. The number of amides is 2. The van der Waals surface area contributed by atoms with Crippen molar-refractivity contribution in [1.29, 1.82) is 0 Å². The minimum Gasteiger partial charge on any atom is -0.469 e. The van der Waals surface area contributed by atoms with Crippen LogP contribution in [0.2, 0.25) is 0 Å². The molecular weight excluding hydrogens is 432 g/mol. The number of benzene rings is 1. The summed E-state index contributed by atoms with van der Waals surface area (Å²) < 4.78 is 5.07. The average Bonchev–Trinajstić information content (AvgIpc) is 3.20. The molecule has 0 saturated carbocycles. The number of ether oxygens (including phenoxy) is 1. The highest BCUT2D eigenvalue weighted by Gasteiger charge is 2.41. The number of carbonyl (C=O) groups is 3. The first-order valence-electron chi connectivity index (χ1n) is 10.8. The highest BCUT2D eigenvalue weighted by molar-refractivity contribution is 8.26. The zero-order chi connectivity index (χ0) is 22.4. The highest BCUT2D eigenvalue weighted by atomic mass is 32.2. The number of fused-ring (bicyclic) bond motifs is 1. The second-order valence-corrected chi connectivity index (χ2v) is 9.24. The van der Waals surface area contributed by atoms with E-state index in [-0.39, 0.29) is 24.2 Å². The van der Waals surface area contributed by atoms with Crippen LogP contribution < -0.4 is 4.90 Å². The van der Waals surface area contributed by atoms with Gasteiger partial charge >= 0.3 is 5.97 Å². The molecule has 0 aliphatic carbocycles. The molecule has 1 aromatic carbocycles. The summed E-state index contributed by atoms with van der Waals surface area (Å²) in [6.45, 7) is 3.15. The van der Waals surface area contributed by atoms with Crippen LogP contribution in [-0.2, 0) is 19.1 Å². The van der Waals surface area contributed by atoms with Gasteiger partial charge in [0.25, 0.3) is 11.8 Å². The molecule has 1 aromatic rings. The van der Waals surface area contributed by atoms with Crippen LogP contribution in [0.25, 0.3) is 5.57 Å². The molecule has 3 rings (SSSR count). The Morgan fingerprint density at radius 1 is 1.00 bits per heavy atom. The van der Waals surface area contributed by atoms with Crippen molar-refractivity contribution in [1.82, 2.24) is 4.90 Å². The number of hydrogen-bond donors (Lipinski definition) is 0. The second-order valence-electron chi connectivity index (χ2n) is 7.60. The molecule has 2 heterocycles. The van der Waals surface area contributed by atoms with E-state index in [1.165, 1.54) is 36.6 Å². The molecule has 0 spiro atoms. The average molecular weight is 461 g/mol. The smallest absolute Gasteiger partial charge is 0.305 e. The van der Waals surface area contributed by atoms with Crippen LogP contribution in [0, 0.1) is 0 Å². The van der Waals surface area contributed by atoms with Gasteiger partial charge in [-0.25, -0.2) is 0 Å². The van der Waals surface area contributed by atoms with E-state index in [0.29, 0.717) is 34.3 Å². The Kier molecular flexibility index (Phi) is 8.26. The van der Waals surface area contributed by atoms with Gasteiger partial charge in [-0.05, 0) is 18.9 Å². The molecule has 2 aliphatic heterocycles. The molecule has 0 bridgehead atoms. The van der Waals surface area contributed by atoms with Crippen molar-refractivity contribution < 1.29 is 19.1 Å². The van der Waals surface area contributed by atoms with E-state index in [0.717, 1.165) is 30.5 Å². The minimum atomic E-state index is -0.321. The fourth-order valence-corrected chi connectivity index (χ4v) is 5.20. The van der Waals surface area contributed by atoms with Crippen molar-refractivity contribution in [3.63, 3.8) is 0 Å². The monoisotopic (exact) mass is 460 g/mol. The van der Waals surface area contributed by atoms with Gasteiger partial charge in [0.05, 0.1) is 23.3 Å². The van der Waals surface area contributed by atoms with E-state index in [2.05, 4.69) is 11.7 Å². The van der Waals surface area contributed by atoms with Gasteiger partial charge in [-0.15, -0.1) is 0 Å². The number of thioether (sulfide) groups is 1. The third-order valence-electron chi connectivity index (χ3n) is 5.47. The van der Waals surface area contributed by atoms with Gasteiger partial charge in [-0.3, -0.25) is 19.3 Å². The van der Waals surface area contributed by atoms with Crippen molar-refractivity contribution in [2.75, 3.05) is 25.1 Å². The first-order valence-corrected chi connectivity index (χ1v) is 12.0. The van der Waals surface area contributed by atoms with Gasteiger partial charge in [-0.1, -0.05) is 74.8 Å². The van der Waals surface area contributed by atoms with E-state index in [1.54, 1.807) is 4.90 Å². The number of carbonyl (C=O) groups excluding carboxylic acids is 3. The van der Waals surface area contributed by atoms with Gasteiger partial charge in [-0.2, -0.15) is 0 Å². The molecule has 2 aliphatic rings. The molecule has 1 saturated heterocycles. The lowest BCUT2D eigenvalue weighted by Gasteiger charge is -2.17. The number of hydrogen-bond acceptors (Lipinski definition) is 6. The number of para-hydroxylation sites is 1. The highest BCUT2D eigenvalue weighted by Crippen LogP contribution is 2.44. The van der Waals surface area contributed by atoms with Crippen LogP contribution in [0.1, 0.15) is 57.4 Å². The fraction of sp³-hybridized carbons (Fsp3) is 0.478. The molecule has 1 fully saturated rings. The van der Waals surface area contributed by atoms with Crippen LogP contribution in [0.4, 0.5) is 5.69 Å². The molecule has 0 aromatic heterocycles. The SMILES string of the molecule is CCCCCCCN1C(=O)/C(=C2\SC(=S)N(CCCC(=O)OC)C2=O)c2ccccc21. The van der Waals surface area contributed by atoms with E-state index in [1.807, 2.05) is 24.3 Å². The molecule has 166 valence electrons. The Morgan fingerprint density at radius 3 is 2.45 bits per heavy atom. The first-order chi connectivity index (χ1) is 15.0. The van der Waals surface area contributed by atoms with Crippen LogP contribution in [0.5, 0.6) is 0 Å². The molecule has 8 heteroatoms. The summed E-state index contributed by atoms with van der Waals surface area (Å²) >= 11 is 6.58. The second kappa shape index (κ2) is 10.9. The van der Waals surface area contributed by atoms with Crippen LogP contribution in [0.15, 0.2) is 29.2 Å². The topological polar surface area (TPSA) is 66.9 Å². The Bertz CT molecular complexity index is 913. The van der Waals surface area contributed by atoms with E-state index in [9.17, 15) is 14.4 Å². The Labute approximate surface area is 193 Å². The van der Waals surface area contributed by atoms with E-state index < -0.39 is 0 Å². The number of esters is 1. The summed E-state index contributed by atoms with van der Waals surface area (Å²) in [5, 5.41) is 0. The lowest BCUT2D eigenvalue weighted by molar-refractivity contribution is -0.141. The van der Waals surface area contributed by atoms with E-state index in [4.69, 9.17) is 12.2 Å². The molecule has 0 N–H and O–H groups in total. The van der Waals surface area contributed by atoms with Gasteiger partial charge in [0.2, 0.25) is 0 Å². The standard InChI is InChI=1S/C23H28N2O4S2/c1-3-4-5-6-9-14-24-17-12-8-7-11-16(17)19(21(24)27)20-22(28)25(23(30)31-20)15-10-13-18(26)29-2/h7-8,11-12H,3-6,9-10,13-15H2,1-2H3/b20-19-. The van der Waals surface area contributed by atoms with Crippen LogP contribution in [0.3, 0.4) is 0 Å². The fourth-order valence-electron chi connectivity index (χ4n) is 3.82. The summed E-state index contributed by atoms with van der Waals surface area (Å²) in [6.07, 6.45) is 6.23. The van der Waals surface area contributed by atoms with Gasteiger partial charge < -0.3 is 9.64 Å². The predicted octanol–water partition coefficient (Wildman–Crippen LogP) is 4.53. The van der Waals surface area contributed by atoms with Crippen molar-refractivity contribution in [2.45, 2.75) is 51.9 Å². The van der Waals surface area contributed by atoms with Gasteiger partial charge in [0, 0.05) is 25.1 Å². The lowest BCUT2D eigenvalue weighted by atomic mass is 10.1. The van der Waals surface area contributed by atoms with Crippen molar-refractivity contribution >= 4 is 57.3 Å². The lowest BCUT2D eigenvalue weighted by Crippen LogP contribution is -2.30. The maximum Gasteiger partial charge on any atom is 0.305 e. The van der Waals surface area contributed by atoms with Crippen molar-refractivity contribution in [3.8, 4) is 0 Å². The van der Waals surface area contributed by atoms with Crippen LogP contribution >= 0.6 is 24.0 Å². The Hall–Kier alpha value is -2.19. The molecule has 31 heavy (non-hydrogen) atoms. The molecular formula is C23H28N2O4S2. The third-order valence-corrected chi connectivity index (χ3v) is 6.92. The van der Waals surface area contributed by atoms with Gasteiger partial charge in [0.15, 0.2) is 0 Å². The Morgan fingerprint density at radius 2 is 1.71 bits per heavy atom. The number of rotatable bonds is 10. The van der Waals surface area contributed by atoms with E-state index >= 15 is 0 Å². The zero-order valence-corrected chi connectivity index (χ0v) is 19.7. The summed E-state index contributed by atoms with van der Waals surface area (Å²) in [4.78, 5) is 41.5. The Balaban J connectivity index is 1.79. The van der Waals surface area contributed by atoms with Gasteiger partial charge in [0.1, 0.15) is 4.32 Å². The molecule has 2 amide bonds. The number of methoxy groups -OCH3 is 1. The molecule has 0 radical (unpaired) electrons. The largest absolute Gasteiger partial charge is 0.469 e. The summed E-state index contributed by atoms with van der Waals surface area (Å²) in [5.41, 5.74) is 2.09. The third kappa shape index (κ3) is 5.18. The molecule has 0 unspecified atom stereocenters. The number of anilines is 1. The molecule has 0 atom stereocenters. The van der Waals surface area contributed by atoms with Crippen molar-refractivity contribution in [2.24, 2.45) is 0 Å². The maximum absolute atomic E-state index is 13.3. The predicted molar refractivity (Wildman–Crippen MR) is 128 cm³/mol. The van der Waals surface area contributed by atoms with Crippen LogP contribution in [-0.4, -0.2) is 47.2 Å². The zero-order valence-electron chi connectivity index (χ0n) is 18.0. The normalized spacial score (nSPS) is 18.2. The summed E-state index contributed by atoms with van der Waals surface area (Å²) in [5.74, 6) is -0.715. The minimum absolute atomic E-state index is 0.133. The quantitative estimate of drug-likeness (QED) is 0.221. The number of nitrogens with zero attached hydrogens (tertiary/aromatic N) is 2. The number of unbranched alkanes of at least 4 members (excludes halogenated alkanes) is 4. The van der Waals surface area contributed by atoms with Crippen molar-refractivity contribution in [3.05, 3.63) is 34.7 Å².